The molecule has 0 saturated heterocycles. The minimum atomic E-state index is -0.370. The molecule has 0 atom stereocenters. The van der Waals surface area contributed by atoms with Crippen molar-refractivity contribution in [3.05, 3.63) is 65.7 Å². The Hall–Kier alpha value is -3.54. The van der Waals surface area contributed by atoms with E-state index >= 15 is 0 Å². The maximum Gasteiger partial charge on any atom is 0.271 e. The molecule has 6 heteroatoms. The standard InChI is InChI=1S/C23H24N2O4/c1-15(2)29-22-10-9-16-7-5-6-8-20(16)21(22)14-24-25-23(26)17-11-18(27-3)13-19(12-17)28-4/h5-15H,1-4H3,(H,25,26). The van der Waals surface area contributed by atoms with Gasteiger partial charge in [0.2, 0.25) is 0 Å². The van der Waals surface area contributed by atoms with Crippen molar-refractivity contribution < 1.29 is 19.0 Å². The first kappa shape index (κ1) is 20.2. The van der Waals surface area contributed by atoms with Crippen LogP contribution in [-0.4, -0.2) is 32.4 Å². The van der Waals surface area contributed by atoms with Gasteiger partial charge in [0.25, 0.3) is 5.91 Å². The van der Waals surface area contributed by atoms with Crippen LogP contribution in [0, 0.1) is 0 Å². The molecule has 6 nitrogen and oxygen atoms in total. The molecule has 0 unspecified atom stereocenters. The Balaban J connectivity index is 1.88. The van der Waals surface area contributed by atoms with Crippen molar-refractivity contribution >= 4 is 22.9 Å². The van der Waals surface area contributed by atoms with Gasteiger partial charge in [0, 0.05) is 17.2 Å². The van der Waals surface area contributed by atoms with Gasteiger partial charge in [0.1, 0.15) is 17.2 Å². The Labute approximate surface area is 170 Å². The number of nitrogens with one attached hydrogen (secondary N) is 1. The number of ether oxygens (including phenoxy) is 3. The van der Waals surface area contributed by atoms with Crippen LogP contribution in [0.4, 0.5) is 0 Å². The first-order valence-corrected chi connectivity index (χ1v) is 9.26. The van der Waals surface area contributed by atoms with Crippen LogP contribution in [0.25, 0.3) is 10.8 Å². The molecule has 0 aromatic heterocycles. The molecule has 3 aromatic rings. The fourth-order valence-corrected chi connectivity index (χ4v) is 2.92. The van der Waals surface area contributed by atoms with Gasteiger partial charge in [-0.2, -0.15) is 5.10 Å². The SMILES string of the molecule is COc1cc(OC)cc(C(=O)NN=Cc2c(OC(C)C)ccc3ccccc23)c1. The summed E-state index contributed by atoms with van der Waals surface area (Å²) in [5.74, 6) is 1.39. The van der Waals surface area contributed by atoms with Crippen molar-refractivity contribution in [3.8, 4) is 17.2 Å². The predicted octanol–water partition coefficient (Wildman–Crippen LogP) is 4.41. The minimum absolute atomic E-state index is 0.0159. The lowest BCUT2D eigenvalue weighted by molar-refractivity contribution is 0.0954. The highest BCUT2D eigenvalue weighted by Crippen LogP contribution is 2.27. The maximum absolute atomic E-state index is 12.5. The van der Waals surface area contributed by atoms with Gasteiger partial charge in [0.05, 0.1) is 26.5 Å². The molecule has 150 valence electrons. The summed E-state index contributed by atoms with van der Waals surface area (Å²) in [7, 11) is 3.07. The van der Waals surface area contributed by atoms with Crippen LogP contribution in [0.15, 0.2) is 59.7 Å². The number of amides is 1. The summed E-state index contributed by atoms with van der Waals surface area (Å²) in [5, 5.41) is 6.22. The van der Waals surface area contributed by atoms with Crippen molar-refractivity contribution in [2.75, 3.05) is 14.2 Å². The van der Waals surface area contributed by atoms with E-state index in [0.29, 0.717) is 22.8 Å². The molecule has 0 radical (unpaired) electrons. The molecule has 29 heavy (non-hydrogen) atoms. The molecule has 0 spiro atoms. The number of nitrogens with zero attached hydrogens (tertiary/aromatic N) is 1. The quantitative estimate of drug-likeness (QED) is 0.478. The average molecular weight is 392 g/mol. The van der Waals surface area contributed by atoms with Crippen LogP contribution in [0.3, 0.4) is 0 Å². The number of rotatable bonds is 7. The first-order valence-electron chi connectivity index (χ1n) is 9.26. The Morgan fingerprint density at radius 1 is 1.00 bits per heavy atom. The third-order valence-corrected chi connectivity index (χ3v) is 4.27. The summed E-state index contributed by atoms with van der Waals surface area (Å²) >= 11 is 0. The van der Waals surface area contributed by atoms with E-state index in [1.54, 1.807) is 24.4 Å². The number of carbonyl (C=O) groups is 1. The summed E-state index contributed by atoms with van der Waals surface area (Å²) < 4.78 is 16.3. The third-order valence-electron chi connectivity index (χ3n) is 4.27. The molecule has 3 rings (SSSR count). The zero-order valence-electron chi connectivity index (χ0n) is 16.9. The first-order chi connectivity index (χ1) is 14.0. The summed E-state index contributed by atoms with van der Waals surface area (Å²) in [6.45, 7) is 3.93. The Kier molecular flexibility index (Phi) is 6.34. The number of fused-ring (bicyclic) bond motifs is 1. The van der Waals surface area contributed by atoms with Crippen LogP contribution in [-0.2, 0) is 0 Å². The van der Waals surface area contributed by atoms with E-state index in [0.717, 1.165) is 16.3 Å². The summed E-state index contributed by atoms with van der Waals surface area (Å²) in [6.07, 6.45) is 1.62. The van der Waals surface area contributed by atoms with E-state index in [-0.39, 0.29) is 12.0 Å². The third kappa shape index (κ3) is 4.85. The lowest BCUT2D eigenvalue weighted by atomic mass is 10.0. The van der Waals surface area contributed by atoms with Gasteiger partial charge in [-0.1, -0.05) is 30.3 Å². The second kappa shape index (κ2) is 9.10. The Morgan fingerprint density at radius 2 is 1.69 bits per heavy atom. The highest BCUT2D eigenvalue weighted by molar-refractivity contribution is 6.03. The van der Waals surface area contributed by atoms with Gasteiger partial charge in [-0.3, -0.25) is 4.79 Å². The molecule has 0 aliphatic rings. The van der Waals surface area contributed by atoms with Crippen LogP contribution in [0.1, 0.15) is 29.8 Å². The average Bonchev–Trinajstić information content (AvgIpc) is 2.74. The van der Waals surface area contributed by atoms with Crippen LogP contribution >= 0.6 is 0 Å². The number of carbonyl (C=O) groups excluding carboxylic acids is 1. The van der Waals surface area contributed by atoms with Gasteiger partial charge in [-0.15, -0.1) is 0 Å². The zero-order chi connectivity index (χ0) is 20.8. The smallest absolute Gasteiger partial charge is 0.271 e. The summed E-state index contributed by atoms with van der Waals surface area (Å²) in [6, 6.07) is 16.8. The zero-order valence-corrected chi connectivity index (χ0v) is 16.9. The van der Waals surface area contributed by atoms with Crippen molar-refractivity contribution in [3.63, 3.8) is 0 Å². The lowest BCUT2D eigenvalue weighted by Crippen LogP contribution is -2.18. The van der Waals surface area contributed by atoms with E-state index in [2.05, 4.69) is 10.5 Å². The fraction of sp³-hybridized carbons (Fsp3) is 0.217. The summed E-state index contributed by atoms with van der Waals surface area (Å²) in [5.41, 5.74) is 3.75. The molecule has 0 aliphatic carbocycles. The molecule has 0 heterocycles. The number of hydrogen-bond donors (Lipinski definition) is 1. The second-order valence-electron chi connectivity index (χ2n) is 6.67. The molecular formula is C23H24N2O4. The van der Waals surface area contributed by atoms with E-state index in [1.807, 2.05) is 50.2 Å². The number of benzene rings is 3. The Morgan fingerprint density at radius 3 is 2.34 bits per heavy atom. The van der Waals surface area contributed by atoms with Gasteiger partial charge in [0.15, 0.2) is 0 Å². The van der Waals surface area contributed by atoms with E-state index in [1.165, 1.54) is 14.2 Å². The predicted molar refractivity (Wildman–Crippen MR) is 114 cm³/mol. The van der Waals surface area contributed by atoms with Crippen molar-refractivity contribution in [1.29, 1.82) is 0 Å². The van der Waals surface area contributed by atoms with E-state index in [4.69, 9.17) is 14.2 Å². The number of hydrazone groups is 1. The normalized spacial score (nSPS) is 11.1. The van der Waals surface area contributed by atoms with Gasteiger partial charge < -0.3 is 14.2 Å². The molecule has 0 saturated carbocycles. The van der Waals surface area contributed by atoms with E-state index < -0.39 is 0 Å². The van der Waals surface area contributed by atoms with Crippen LogP contribution in [0.2, 0.25) is 0 Å². The largest absolute Gasteiger partial charge is 0.497 e. The highest BCUT2D eigenvalue weighted by Gasteiger charge is 2.11. The fourth-order valence-electron chi connectivity index (χ4n) is 2.92. The topological polar surface area (TPSA) is 69.2 Å². The molecule has 3 aromatic carbocycles. The van der Waals surface area contributed by atoms with Crippen molar-refractivity contribution in [1.82, 2.24) is 5.43 Å². The minimum Gasteiger partial charge on any atom is -0.497 e. The van der Waals surface area contributed by atoms with Crippen molar-refractivity contribution in [2.24, 2.45) is 5.10 Å². The van der Waals surface area contributed by atoms with Gasteiger partial charge in [-0.05, 0) is 42.8 Å². The number of hydrogen-bond acceptors (Lipinski definition) is 5. The van der Waals surface area contributed by atoms with Gasteiger partial charge >= 0.3 is 0 Å². The van der Waals surface area contributed by atoms with E-state index in [9.17, 15) is 4.79 Å². The maximum atomic E-state index is 12.5. The number of methoxy groups -OCH3 is 2. The van der Waals surface area contributed by atoms with Crippen LogP contribution in [0.5, 0.6) is 17.2 Å². The molecule has 0 aliphatic heterocycles. The monoisotopic (exact) mass is 392 g/mol. The van der Waals surface area contributed by atoms with Crippen LogP contribution < -0.4 is 19.6 Å². The van der Waals surface area contributed by atoms with Gasteiger partial charge in [-0.25, -0.2) is 5.43 Å². The highest BCUT2D eigenvalue weighted by atomic mass is 16.5. The molecule has 0 bridgehead atoms. The lowest BCUT2D eigenvalue weighted by Gasteiger charge is -2.14. The molecule has 0 fully saturated rings. The Bertz CT molecular complexity index is 1020. The second-order valence-corrected chi connectivity index (χ2v) is 6.67. The van der Waals surface area contributed by atoms with Crippen molar-refractivity contribution in [2.45, 2.75) is 20.0 Å². The summed E-state index contributed by atoms with van der Waals surface area (Å²) in [4.78, 5) is 12.5. The molecule has 1 N–H and O–H groups in total. The molecule has 1 amide bonds. The molecular weight excluding hydrogens is 368 g/mol.